The molecule has 1 aliphatic heterocycles. The van der Waals surface area contributed by atoms with Crippen LogP contribution in [0.25, 0.3) is 0 Å². The number of alkyl halides is 4. The molecule has 0 saturated carbocycles. The molecule has 1 atom stereocenters. The number of halogens is 4. The zero-order valence-electron chi connectivity index (χ0n) is 13.3. The van der Waals surface area contributed by atoms with E-state index in [2.05, 4.69) is 5.32 Å². The Kier molecular flexibility index (Phi) is 5.33. The second-order valence-corrected chi connectivity index (χ2v) is 5.82. The lowest BCUT2D eigenvalue weighted by molar-refractivity contribution is -0.137. The van der Waals surface area contributed by atoms with Crippen LogP contribution < -0.4 is 19.5 Å². The molecule has 5 nitrogen and oxygen atoms in total. The molecule has 2 aromatic rings. The van der Waals surface area contributed by atoms with Gasteiger partial charge in [-0.05, 0) is 30.3 Å². The fourth-order valence-electron chi connectivity index (χ4n) is 2.28. The molecule has 9 heteroatoms. The Morgan fingerprint density at radius 2 is 1.92 bits per heavy atom. The van der Waals surface area contributed by atoms with Crippen LogP contribution in [0, 0.1) is 0 Å². The van der Waals surface area contributed by atoms with E-state index in [1.807, 2.05) is 0 Å². The molecule has 1 unspecified atom stereocenters. The first kappa shape index (κ1) is 18.5. The number of hydrogen-bond acceptors (Lipinski definition) is 5. The maximum absolute atomic E-state index is 13.0. The standard InChI is InChI=1S/C17H15ClF3NO4/c18-7-11(23)8-22-13-5-10(17(19,20)21)1-3-14(13)26-12-2-4-15-16(6-12)25-9-24-15/h1-6,11,22-23H,7-9H2. The lowest BCUT2D eigenvalue weighted by Gasteiger charge is -2.17. The first-order valence-corrected chi connectivity index (χ1v) is 8.17. The van der Waals surface area contributed by atoms with Crippen LogP contribution in [0.1, 0.15) is 5.56 Å². The normalized spacial score (nSPS) is 14.2. The van der Waals surface area contributed by atoms with Gasteiger partial charge in [0.1, 0.15) is 5.75 Å². The van der Waals surface area contributed by atoms with Gasteiger partial charge in [0.05, 0.1) is 23.2 Å². The summed E-state index contributed by atoms with van der Waals surface area (Å²) in [5.41, 5.74) is -0.750. The number of hydrogen-bond donors (Lipinski definition) is 2. The largest absolute Gasteiger partial charge is 0.455 e. The molecule has 0 bridgehead atoms. The fourth-order valence-corrected chi connectivity index (χ4v) is 2.39. The maximum Gasteiger partial charge on any atom is 0.416 e. The summed E-state index contributed by atoms with van der Waals surface area (Å²) in [6, 6.07) is 7.89. The number of aliphatic hydroxyl groups is 1. The zero-order chi connectivity index (χ0) is 18.7. The van der Waals surface area contributed by atoms with E-state index in [1.54, 1.807) is 18.2 Å². The van der Waals surface area contributed by atoms with Gasteiger partial charge in [0.25, 0.3) is 0 Å². The summed E-state index contributed by atoms with van der Waals surface area (Å²) in [5.74, 6) is 1.54. The van der Waals surface area contributed by atoms with Crippen molar-refractivity contribution in [2.75, 3.05) is 24.5 Å². The Morgan fingerprint density at radius 1 is 1.15 bits per heavy atom. The molecular weight excluding hydrogens is 375 g/mol. The second kappa shape index (κ2) is 7.51. The van der Waals surface area contributed by atoms with Gasteiger partial charge in [-0.3, -0.25) is 0 Å². The van der Waals surface area contributed by atoms with Crippen LogP contribution in [0.15, 0.2) is 36.4 Å². The zero-order valence-corrected chi connectivity index (χ0v) is 14.1. The monoisotopic (exact) mass is 389 g/mol. The summed E-state index contributed by atoms with van der Waals surface area (Å²) in [6.45, 7) is 0.0739. The predicted molar refractivity (Wildman–Crippen MR) is 89.3 cm³/mol. The molecule has 0 aromatic heterocycles. The van der Waals surface area contributed by atoms with Gasteiger partial charge >= 0.3 is 6.18 Å². The van der Waals surface area contributed by atoms with E-state index >= 15 is 0 Å². The van der Waals surface area contributed by atoms with Crippen molar-refractivity contribution in [1.29, 1.82) is 0 Å². The smallest absolute Gasteiger partial charge is 0.416 e. The van der Waals surface area contributed by atoms with E-state index in [1.165, 1.54) is 6.07 Å². The van der Waals surface area contributed by atoms with Crippen LogP contribution in [0.4, 0.5) is 18.9 Å². The van der Waals surface area contributed by atoms with E-state index in [4.69, 9.17) is 25.8 Å². The van der Waals surface area contributed by atoms with Crippen LogP contribution in [-0.4, -0.2) is 30.4 Å². The highest BCUT2D eigenvalue weighted by atomic mass is 35.5. The van der Waals surface area contributed by atoms with E-state index in [-0.39, 0.29) is 30.7 Å². The van der Waals surface area contributed by atoms with Gasteiger partial charge in [0, 0.05) is 12.6 Å². The average molecular weight is 390 g/mol. The number of anilines is 1. The third kappa shape index (κ3) is 4.25. The molecule has 0 aliphatic carbocycles. The first-order valence-electron chi connectivity index (χ1n) is 7.63. The maximum atomic E-state index is 13.0. The van der Waals surface area contributed by atoms with E-state index in [9.17, 15) is 18.3 Å². The minimum absolute atomic E-state index is 0.0255. The highest BCUT2D eigenvalue weighted by molar-refractivity contribution is 6.18. The quantitative estimate of drug-likeness (QED) is 0.724. The second-order valence-electron chi connectivity index (χ2n) is 5.51. The Balaban J connectivity index is 1.86. The van der Waals surface area contributed by atoms with Gasteiger partial charge in [-0.2, -0.15) is 13.2 Å². The summed E-state index contributed by atoms with van der Waals surface area (Å²) >= 11 is 5.52. The number of rotatable bonds is 6. The first-order chi connectivity index (χ1) is 12.4. The number of nitrogens with one attached hydrogen (secondary N) is 1. The van der Waals surface area contributed by atoms with Crippen LogP contribution in [-0.2, 0) is 6.18 Å². The van der Waals surface area contributed by atoms with Crippen molar-refractivity contribution in [3.63, 3.8) is 0 Å². The van der Waals surface area contributed by atoms with Crippen molar-refractivity contribution < 1.29 is 32.5 Å². The molecule has 1 aliphatic rings. The minimum atomic E-state index is -4.50. The molecule has 0 radical (unpaired) electrons. The SMILES string of the molecule is OC(CCl)CNc1cc(C(F)(F)F)ccc1Oc1ccc2c(c1)OCO2. The summed E-state index contributed by atoms with van der Waals surface area (Å²) in [5, 5.41) is 12.3. The van der Waals surface area contributed by atoms with Gasteiger partial charge < -0.3 is 24.6 Å². The number of aliphatic hydroxyl groups excluding tert-OH is 1. The summed E-state index contributed by atoms with van der Waals surface area (Å²) in [7, 11) is 0. The van der Waals surface area contributed by atoms with Crippen molar-refractivity contribution in [3.8, 4) is 23.0 Å². The highest BCUT2D eigenvalue weighted by Gasteiger charge is 2.31. The van der Waals surface area contributed by atoms with Crippen LogP contribution in [0.5, 0.6) is 23.0 Å². The van der Waals surface area contributed by atoms with Crippen LogP contribution in [0.2, 0.25) is 0 Å². The van der Waals surface area contributed by atoms with E-state index < -0.39 is 17.8 Å². The molecule has 1 heterocycles. The van der Waals surface area contributed by atoms with Crippen molar-refractivity contribution in [1.82, 2.24) is 0 Å². The Bertz CT molecular complexity index is 785. The Labute approximate surface area is 152 Å². The van der Waals surface area contributed by atoms with Gasteiger partial charge in [-0.15, -0.1) is 11.6 Å². The predicted octanol–water partition coefficient (Wildman–Crippen LogP) is 4.24. The molecule has 0 saturated heterocycles. The Hall–Kier alpha value is -2.32. The third-order valence-corrected chi connectivity index (χ3v) is 3.94. The van der Waals surface area contributed by atoms with Crippen molar-refractivity contribution in [2.45, 2.75) is 12.3 Å². The van der Waals surface area contributed by atoms with Crippen molar-refractivity contribution in [3.05, 3.63) is 42.0 Å². The topological polar surface area (TPSA) is 60.0 Å². The molecule has 3 rings (SSSR count). The molecule has 0 amide bonds. The number of fused-ring (bicyclic) bond motifs is 1. The summed E-state index contributed by atoms with van der Waals surface area (Å²) in [6.07, 6.45) is -5.41. The van der Waals surface area contributed by atoms with Gasteiger partial charge in [0.15, 0.2) is 17.2 Å². The molecule has 0 fully saturated rings. The van der Waals surface area contributed by atoms with Gasteiger partial charge in [-0.25, -0.2) is 0 Å². The van der Waals surface area contributed by atoms with E-state index in [0.29, 0.717) is 17.2 Å². The van der Waals surface area contributed by atoms with Crippen molar-refractivity contribution >= 4 is 17.3 Å². The highest BCUT2D eigenvalue weighted by Crippen LogP contribution is 2.40. The molecular formula is C17H15ClF3NO4. The summed E-state index contributed by atoms with van der Waals surface area (Å²) in [4.78, 5) is 0. The summed E-state index contributed by atoms with van der Waals surface area (Å²) < 4.78 is 55.1. The van der Waals surface area contributed by atoms with Crippen LogP contribution >= 0.6 is 11.6 Å². The minimum Gasteiger partial charge on any atom is -0.455 e. The number of benzene rings is 2. The fraction of sp³-hybridized carbons (Fsp3) is 0.294. The third-order valence-electron chi connectivity index (χ3n) is 3.58. The molecule has 140 valence electrons. The van der Waals surface area contributed by atoms with Gasteiger partial charge in [-0.1, -0.05) is 0 Å². The van der Waals surface area contributed by atoms with Gasteiger partial charge in [0.2, 0.25) is 6.79 Å². The molecule has 26 heavy (non-hydrogen) atoms. The lowest BCUT2D eigenvalue weighted by atomic mass is 10.1. The van der Waals surface area contributed by atoms with Crippen LogP contribution in [0.3, 0.4) is 0 Å². The molecule has 2 aromatic carbocycles. The van der Waals surface area contributed by atoms with E-state index in [0.717, 1.165) is 12.1 Å². The molecule has 2 N–H and O–H groups in total. The van der Waals surface area contributed by atoms with Crippen molar-refractivity contribution in [2.24, 2.45) is 0 Å². The number of ether oxygens (including phenoxy) is 3. The lowest BCUT2D eigenvalue weighted by Crippen LogP contribution is -2.21. The Morgan fingerprint density at radius 3 is 2.65 bits per heavy atom. The molecule has 0 spiro atoms. The average Bonchev–Trinajstić information content (AvgIpc) is 3.07.